The quantitative estimate of drug-likeness (QED) is 0.743. The van der Waals surface area contributed by atoms with Crippen molar-refractivity contribution < 1.29 is 9.59 Å². The van der Waals surface area contributed by atoms with Crippen LogP contribution in [0.2, 0.25) is 0 Å². The fourth-order valence-corrected chi connectivity index (χ4v) is 3.21. The summed E-state index contributed by atoms with van der Waals surface area (Å²) >= 11 is 0. The average molecular weight is 250 g/mol. The van der Waals surface area contributed by atoms with Gasteiger partial charge in [-0.25, -0.2) is 0 Å². The van der Waals surface area contributed by atoms with Crippen molar-refractivity contribution in [2.45, 2.75) is 58.0 Å². The molecule has 0 spiro atoms. The van der Waals surface area contributed by atoms with Crippen LogP contribution < -0.4 is 0 Å². The number of nitrogens with zero attached hydrogens (tertiary/aromatic N) is 2. The molecule has 3 aliphatic rings. The normalized spacial score (nSPS) is 34.6. The minimum absolute atomic E-state index is 0.156. The molecule has 0 aromatic carbocycles. The lowest BCUT2D eigenvalue weighted by Crippen LogP contribution is -2.65. The third-order valence-corrected chi connectivity index (χ3v) is 4.83. The summed E-state index contributed by atoms with van der Waals surface area (Å²) in [4.78, 5) is 28.6. The Morgan fingerprint density at radius 1 is 1.22 bits per heavy atom. The maximum Gasteiger partial charge on any atom is 0.246 e. The average Bonchev–Trinajstić information content (AvgIpc) is 3.10. The SMILES string of the molecule is CC1C(=O)N2CCCCC2C(=O)N1CC1(C)CC1. The smallest absolute Gasteiger partial charge is 0.246 e. The van der Waals surface area contributed by atoms with Crippen molar-refractivity contribution in [3.63, 3.8) is 0 Å². The number of carbonyl (C=O) groups excluding carboxylic acids is 2. The van der Waals surface area contributed by atoms with Gasteiger partial charge >= 0.3 is 0 Å². The Bertz CT molecular complexity index is 389. The van der Waals surface area contributed by atoms with Crippen LogP contribution in [0.4, 0.5) is 0 Å². The van der Waals surface area contributed by atoms with Crippen LogP contribution in [0, 0.1) is 5.41 Å². The van der Waals surface area contributed by atoms with Crippen LogP contribution in [0.25, 0.3) is 0 Å². The highest BCUT2D eigenvalue weighted by Gasteiger charge is 2.48. The summed E-state index contributed by atoms with van der Waals surface area (Å²) in [5, 5.41) is 0. The van der Waals surface area contributed by atoms with Crippen LogP contribution in [0.15, 0.2) is 0 Å². The van der Waals surface area contributed by atoms with Gasteiger partial charge in [-0.3, -0.25) is 9.59 Å². The molecule has 0 aromatic rings. The zero-order valence-electron chi connectivity index (χ0n) is 11.3. The first kappa shape index (κ1) is 12.0. The molecule has 3 rings (SSSR count). The Balaban J connectivity index is 1.81. The van der Waals surface area contributed by atoms with Crippen molar-refractivity contribution in [2.75, 3.05) is 13.1 Å². The summed E-state index contributed by atoms with van der Waals surface area (Å²) in [6.07, 6.45) is 5.34. The Labute approximate surface area is 108 Å². The number of carbonyl (C=O) groups is 2. The zero-order chi connectivity index (χ0) is 12.9. The largest absolute Gasteiger partial charge is 0.329 e. The van der Waals surface area contributed by atoms with Crippen molar-refractivity contribution in [3.8, 4) is 0 Å². The number of hydrogen-bond acceptors (Lipinski definition) is 2. The van der Waals surface area contributed by atoms with E-state index in [-0.39, 0.29) is 29.3 Å². The highest BCUT2D eigenvalue weighted by Crippen LogP contribution is 2.46. The second kappa shape index (κ2) is 3.97. The molecular formula is C14H22N2O2. The van der Waals surface area contributed by atoms with E-state index in [1.165, 1.54) is 12.8 Å². The molecule has 4 nitrogen and oxygen atoms in total. The van der Waals surface area contributed by atoms with E-state index in [0.29, 0.717) is 0 Å². The monoisotopic (exact) mass is 250 g/mol. The van der Waals surface area contributed by atoms with Gasteiger partial charge in [0.25, 0.3) is 0 Å². The lowest BCUT2D eigenvalue weighted by molar-refractivity contribution is -0.163. The second-order valence-corrected chi connectivity index (χ2v) is 6.50. The van der Waals surface area contributed by atoms with Crippen LogP contribution in [0.5, 0.6) is 0 Å². The van der Waals surface area contributed by atoms with Gasteiger partial charge in [0, 0.05) is 13.1 Å². The van der Waals surface area contributed by atoms with Gasteiger partial charge in [-0.2, -0.15) is 0 Å². The van der Waals surface area contributed by atoms with E-state index in [2.05, 4.69) is 6.92 Å². The third-order valence-electron chi connectivity index (χ3n) is 4.83. The van der Waals surface area contributed by atoms with Gasteiger partial charge in [-0.1, -0.05) is 6.92 Å². The van der Waals surface area contributed by atoms with Crippen LogP contribution in [-0.4, -0.2) is 46.8 Å². The fourth-order valence-electron chi connectivity index (χ4n) is 3.21. The predicted molar refractivity (Wildman–Crippen MR) is 67.9 cm³/mol. The first-order chi connectivity index (χ1) is 8.52. The molecule has 100 valence electrons. The molecule has 0 radical (unpaired) electrons. The summed E-state index contributed by atoms with van der Waals surface area (Å²) in [6.45, 7) is 5.63. The molecule has 3 fully saturated rings. The van der Waals surface area contributed by atoms with Crippen molar-refractivity contribution >= 4 is 11.8 Å². The number of hydrogen-bond donors (Lipinski definition) is 0. The molecule has 4 heteroatoms. The molecule has 1 aliphatic carbocycles. The van der Waals surface area contributed by atoms with Crippen LogP contribution >= 0.6 is 0 Å². The predicted octanol–water partition coefficient (Wildman–Crippen LogP) is 1.40. The van der Waals surface area contributed by atoms with Crippen LogP contribution in [0.3, 0.4) is 0 Å². The van der Waals surface area contributed by atoms with Gasteiger partial charge in [0.2, 0.25) is 11.8 Å². The zero-order valence-corrected chi connectivity index (χ0v) is 11.3. The number of amides is 2. The maximum absolute atomic E-state index is 12.6. The molecule has 2 unspecified atom stereocenters. The summed E-state index contributed by atoms with van der Waals surface area (Å²) in [7, 11) is 0. The highest BCUT2D eigenvalue weighted by atomic mass is 16.2. The van der Waals surface area contributed by atoms with E-state index in [1.807, 2.05) is 16.7 Å². The lowest BCUT2D eigenvalue weighted by Gasteiger charge is -2.46. The van der Waals surface area contributed by atoms with Gasteiger partial charge in [-0.15, -0.1) is 0 Å². The lowest BCUT2D eigenvalue weighted by atomic mass is 9.94. The van der Waals surface area contributed by atoms with Crippen LogP contribution in [-0.2, 0) is 9.59 Å². The molecule has 2 amide bonds. The Morgan fingerprint density at radius 3 is 2.61 bits per heavy atom. The van der Waals surface area contributed by atoms with Gasteiger partial charge in [0.05, 0.1) is 0 Å². The molecule has 0 aromatic heterocycles. The molecule has 0 bridgehead atoms. The van der Waals surface area contributed by atoms with Crippen molar-refractivity contribution in [3.05, 3.63) is 0 Å². The molecular weight excluding hydrogens is 228 g/mol. The van der Waals surface area contributed by atoms with E-state index in [0.717, 1.165) is 32.4 Å². The van der Waals surface area contributed by atoms with E-state index in [4.69, 9.17) is 0 Å². The number of fused-ring (bicyclic) bond motifs is 1. The topological polar surface area (TPSA) is 40.6 Å². The molecule has 2 heterocycles. The summed E-state index contributed by atoms with van der Waals surface area (Å²) in [6, 6.07) is -0.422. The van der Waals surface area contributed by atoms with Crippen molar-refractivity contribution in [2.24, 2.45) is 5.41 Å². The molecule has 18 heavy (non-hydrogen) atoms. The standard InChI is InChI=1S/C14H22N2O2/c1-10-12(17)15-8-4-3-5-11(15)13(18)16(10)9-14(2)6-7-14/h10-11H,3-9H2,1-2H3. The van der Waals surface area contributed by atoms with Gasteiger partial charge in [-0.05, 0) is 44.4 Å². The Hall–Kier alpha value is -1.06. The molecule has 1 saturated carbocycles. The minimum Gasteiger partial charge on any atom is -0.329 e. The minimum atomic E-state index is -0.260. The van der Waals surface area contributed by atoms with Crippen molar-refractivity contribution in [1.29, 1.82) is 0 Å². The summed E-state index contributed by atoms with van der Waals surface area (Å²) in [5.74, 6) is 0.346. The fraction of sp³-hybridized carbons (Fsp3) is 0.857. The van der Waals surface area contributed by atoms with E-state index in [9.17, 15) is 9.59 Å². The number of rotatable bonds is 2. The number of piperidine rings is 1. The second-order valence-electron chi connectivity index (χ2n) is 6.50. The van der Waals surface area contributed by atoms with Gasteiger partial charge < -0.3 is 9.80 Å². The maximum atomic E-state index is 12.6. The van der Waals surface area contributed by atoms with E-state index >= 15 is 0 Å². The molecule has 2 saturated heterocycles. The molecule has 2 aliphatic heterocycles. The first-order valence-corrected chi connectivity index (χ1v) is 7.13. The molecule has 0 N–H and O–H groups in total. The van der Waals surface area contributed by atoms with Crippen molar-refractivity contribution in [1.82, 2.24) is 9.80 Å². The third kappa shape index (κ3) is 1.82. The first-order valence-electron chi connectivity index (χ1n) is 7.13. The van der Waals surface area contributed by atoms with Gasteiger partial charge in [0.15, 0.2) is 0 Å². The number of piperazine rings is 1. The highest BCUT2D eigenvalue weighted by molar-refractivity contribution is 5.97. The summed E-state index contributed by atoms with van der Waals surface area (Å²) < 4.78 is 0. The Morgan fingerprint density at radius 2 is 1.94 bits per heavy atom. The Kier molecular flexibility index (Phi) is 2.65. The molecule has 2 atom stereocenters. The van der Waals surface area contributed by atoms with Crippen LogP contribution in [0.1, 0.15) is 46.0 Å². The summed E-state index contributed by atoms with van der Waals surface area (Å²) in [5.41, 5.74) is 0.279. The van der Waals surface area contributed by atoms with Gasteiger partial charge in [0.1, 0.15) is 12.1 Å². The van der Waals surface area contributed by atoms with E-state index < -0.39 is 0 Å². The van der Waals surface area contributed by atoms with E-state index in [1.54, 1.807) is 0 Å².